The van der Waals surface area contributed by atoms with E-state index in [-0.39, 0.29) is 22.7 Å². The number of hydrogen-bond donors (Lipinski definition) is 2. The zero-order valence-electron chi connectivity index (χ0n) is 10.6. The van der Waals surface area contributed by atoms with Gasteiger partial charge in [0.05, 0.1) is 0 Å². The normalized spacial score (nSPS) is 42.6. The maximum atomic E-state index is 12.2. The average molecular weight is 222 g/mol. The maximum Gasteiger partial charge on any atom is 0.224 e. The third kappa shape index (κ3) is 1.15. The number of piperidine rings is 1. The highest BCUT2D eigenvalue weighted by atomic mass is 16.2. The smallest absolute Gasteiger partial charge is 0.224 e. The summed E-state index contributed by atoms with van der Waals surface area (Å²) in [5.74, 6) is 1.92. The van der Waals surface area contributed by atoms with E-state index in [4.69, 9.17) is 0 Å². The molecule has 1 aliphatic heterocycles. The zero-order valence-corrected chi connectivity index (χ0v) is 10.6. The van der Waals surface area contributed by atoms with Crippen LogP contribution in [-0.2, 0) is 4.79 Å². The van der Waals surface area contributed by atoms with Crippen LogP contribution in [0.1, 0.15) is 27.7 Å². The number of fused-ring (bicyclic) bond motifs is 1. The minimum absolute atomic E-state index is 0.166. The third-order valence-corrected chi connectivity index (χ3v) is 5.68. The lowest BCUT2D eigenvalue weighted by Gasteiger charge is -2.08. The van der Waals surface area contributed by atoms with Crippen LogP contribution in [0.15, 0.2) is 0 Å². The Labute approximate surface area is 97.4 Å². The third-order valence-electron chi connectivity index (χ3n) is 5.68. The summed E-state index contributed by atoms with van der Waals surface area (Å²) in [6, 6.07) is 0.473. The second-order valence-corrected chi connectivity index (χ2v) is 6.90. The van der Waals surface area contributed by atoms with Gasteiger partial charge in [0.1, 0.15) is 0 Å². The summed E-state index contributed by atoms with van der Waals surface area (Å²) in [6.07, 6.45) is 0. The monoisotopic (exact) mass is 222 g/mol. The minimum Gasteiger partial charge on any atom is -0.352 e. The highest BCUT2D eigenvalue weighted by molar-refractivity contribution is 5.84. The molecular formula is C13H22N2O. The van der Waals surface area contributed by atoms with Crippen LogP contribution in [-0.4, -0.2) is 25.0 Å². The first-order valence-corrected chi connectivity index (χ1v) is 6.38. The van der Waals surface area contributed by atoms with Crippen molar-refractivity contribution in [3.05, 3.63) is 0 Å². The van der Waals surface area contributed by atoms with Crippen LogP contribution in [0.5, 0.6) is 0 Å². The molecule has 0 aromatic heterocycles. The van der Waals surface area contributed by atoms with Crippen LogP contribution in [0.4, 0.5) is 0 Å². The lowest BCUT2D eigenvalue weighted by atomic mass is 10.0. The van der Waals surface area contributed by atoms with E-state index >= 15 is 0 Å². The molecule has 1 amide bonds. The van der Waals surface area contributed by atoms with Crippen molar-refractivity contribution >= 4 is 5.91 Å². The largest absolute Gasteiger partial charge is 0.352 e. The topological polar surface area (TPSA) is 41.1 Å². The van der Waals surface area contributed by atoms with E-state index in [9.17, 15) is 4.79 Å². The van der Waals surface area contributed by atoms with Crippen LogP contribution in [0.2, 0.25) is 0 Å². The molecule has 3 aliphatic rings. The van der Waals surface area contributed by atoms with Crippen molar-refractivity contribution in [2.24, 2.45) is 28.6 Å². The summed E-state index contributed by atoms with van der Waals surface area (Å²) in [4.78, 5) is 12.2. The Balaban J connectivity index is 1.60. The standard InChI is InChI=1S/C13H22N2O/c1-12(2)10(13(12,3)4)11(16)15-9-7-5-14-6-8(7)9/h7-10,14H,5-6H2,1-4H3,(H,15,16). The minimum atomic E-state index is 0.166. The predicted octanol–water partition coefficient (Wildman–Crippen LogP) is 1.00. The van der Waals surface area contributed by atoms with Gasteiger partial charge in [-0.25, -0.2) is 0 Å². The Morgan fingerprint density at radius 1 is 1.12 bits per heavy atom. The van der Waals surface area contributed by atoms with Crippen LogP contribution < -0.4 is 10.6 Å². The van der Waals surface area contributed by atoms with Crippen molar-refractivity contribution in [1.29, 1.82) is 0 Å². The van der Waals surface area contributed by atoms with Crippen molar-refractivity contribution in [3.8, 4) is 0 Å². The first-order chi connectivity index (χ1) is 7.37. The summed E-state index contributed by atoms with van der Waals surface area (Å²) in [5.41, 5.74) is 0.332. The fourth-order valence-electron chi connectivity index (χ4n) is 3.73. The van der Waals surface area contributed by atoms with E-state index in [1.165, 1.54) is 0 Å². The van der Waals surface area contributed by atoms with E-state index in [1.807, 2.05) is 0 Å². The van der Waals surface area contributed by atoms with Gasteiger partial charge >= 0.3 is 0 Å². The summed E-state index contributed by atoms with van der Waals surface area (Å²) in [6.45, 7) is 11.0. The molecule has 0 spiro atoms. The van der Waals surface area contributed by atoms with E-state index in [0.717, 1.165) is 13.1 Å². The summed E-state index contributed by atoms with van der Waals surface area (Å²) >= 11 is 0. The van der Waals surface area contributed by atoms with Crippen LogP contribution in [0, 0.1) is 28.6 Å². The van der Waals surface area contributed by atoms with E-state index < -0.39 is 0 Å². The number of amides is 1. The molecule has 90 valence electrons. The van der Waals surface area contributed by atoms with Gasteiger partial charge in [-0.2, -0.15) is 0 Å². The zero-order chi connectivity index (χ0) is 11.7. The Morgan fingerprint density at radius 3 is 2.06 bits per heavy atom. The van der Waals surface area contributed by atoms with Gasteiger partial charge in [-0.3, -0.25) is 4.79 Å². The van der Waals surface area contributed by atoms with Crippen molar-refractivity contribution < 1.29 is 4.79 Å². The number of rotatable bonds is 2. The summed E-state index contributed by atoms with van der Waals surface area (Å²) < 4.78 is 0. The van der Waals surface area contributed by atoms with Gasteiger partial charge in [0.15, 0.2) is 0 Å². The number of nitrogens with one attached hydrogen (secondary N) is 2. The fraction of sp³-hybridized carbons (Fsp3) is 0.923. The van der Waals surface area contributed by atoms with Crippen LogP contribution >= 0.6 is 0 Å². The lowest BCUT2D eigenvalue weighted by Crippen LogP contribution is -2.34. The first-order valence-electron chi connectivity index (χ1n) is 6.38. The van der Waals surface area contributed by atoms with Gasteiger partial charge in [-0.1, -0.05) is 27.7 Å². The van der Waals surface area contributed by atoms with Crippen LogP contribution in [0.25, 0.3) is 0 Å². The number of hydrogen-bond acceptors (Lipinski definition) is 2. The first kappa shape index (κ1) is 10.6. The van der Waals surface area contributed by atoms with Gasteiger partial charge in [0.25, 0.3) is 0 Å². The van der Waals surface area contributed by atoms with Crippen molar-refractivity contribution in [2.75, 3.05) is 13.1 Å². The summed E-state index contributed by atoms with van der Waals surface area (Å²) in [5, 5.41) is 6.60. The fourth-order valence-corrected chi connectivity index (χ4v) is 3.73. The predicted molar refractivity (Wildman–Crippen MR) is 62.8 cm³/mol. The molecule has 0 radical (unpaired) electrons. The average Bonchev–Trinajstić information content (AvgIpc) is 2.79. The van der Waals surface area contributed by atoms with Crippen LogP contribution in [0.3, 0.4) is 0 Å². The van der Waals surface area contributed by atoms with Gasteiger partial charge in [-0.15, -0.1) is 0 Å². The molecule has 0 aromatic rings. The molecule has 2 atom stereocenters. The van der Waals surface area contributed by atoms with E-state index in [2.05, 4.69) is 38.3 Å². The van der Waals surface area contributed by atoms with Gasteiger partial charge < -0.3 is 10.6 Å². The Morgan fingerprint density at radius 2 is 1.62 bits per heavy atom. The molecule has 1 heterocycles. The highest BCUT2D eigenvalue weighted by Crippen LogP contribution is 2.68. The molecule has 2 aliphatic carbocycles. The Hall–Kier alpha value is -0.570. The Kier molecular flexibility index (Phi) is 1.86. The molecule has 1 saturated heterocycles. The molecule has 16 heavy (non-hydrogen) atoms. The second-order valence-electron chi connectivity index (χ2n) is 6.90. The number of carbonyl (C=O) groups is 1. The maximum absolute atomic E-state index is 12.2. The SMILES string of the molecule is CC1(C)C(C(=O)NC2C3CNCC32)C1(C)C. The molecule has 3 rings (SSSR count). The molecular weight excluding hydrogens is 200 g/mol. The Bertz CT molecular complexity index is 324. The molecule has 3 fully saturated rings. The second kappa shape index (κ2) is 2.81. The molecule has 3 nitrogen and oxygen atoms in total. The summed E-state index contributed by atoms with van der Waals surface area (Å²) in [7, 11) is 0. The van der Waals surface area contributed by atoms with Gasteiger partial charge in [0.2, 0.25) is 5.91 Å². The molecule has 0 aromatic carbocycles. The van der Waals surface area contributed by atoms with Gasteiger partial charge in [-0.05, 0) is 22.7 Å². The quantitative estimate of drug-likeness (QED) is 0.732. The van der Waals surface area contributed by atoms with E-state index in [1.54, 1.807) is 0 Å². The molecule has 0 bridgehead atoms. The van der Waals surface area contributed by atoms with Crippen molar-refractivity contribution in [2.45, 2.75) is 33.7 Å². The number of carbonyl (C=O) groups excluding carboxylic acids is 1. The van der Waals surface area contributed by atoms with Crippen molar-refractivity contribution in [1.82, 2.24) is 10.6 Å². The van der Waals surface area contributed by atoms with E-state index in [0.29, 0.717) is 17.9 Å². The van der Waals surface area contributed by atoms with Crippen molar-refractivity contribution in [3.63, 3.8) is 0 Å². The molecule has 2 saturated carbocycles. The lowest BCUT2D eigenvalue weighted by molar-refractivity contribution is -0.123. The molecule has 2 N–H and O–H groups in total. The molecule has 2 unspecified atom stereocenters. The molecule has 3 heteroatoms. The highest BCUT2D eigenvalue weighted by Gasteiger charge is 2.69. The van der Waals surface area contributed by atoms with Gasteiger partial charge in [0, 0.05) is 25.0 Å².